The van der Waals surface area contributed by atoms with E-state index >= 15 is 0 Å². The molecule has 1 N–H and O–H groups in total. The molecule has 3 nitrogen and oxygen atoms in total. The van der Waals surface area contributed by atoms with Gasteiger partial charge in [0.05, 0.1) is 10.6 Å². The molecule has 0 aromatic heterocycles. The van der Waals surface area contributed by atoms with E-state index in [0.717, 1.165) is 18.4 Å². The molecule has 4 heteroatoms. The van der Waals surface area contributed by atoms with Crippen LogP contribution in [0.5, 0.6) is 11.5 Å². The van der Waals surface area contributed by atoms with Crippen molar-refractivity contribution in [3.63, 3.8) is 0 Å². The molecule has 0 bridgehead atoms. The molecule has 0 amide bonds. The summed E-state index contributed by atoms with van der Waals surface area (Å²) in [5.74, 6) is 1.22. The van der Waals surface area contributed by atoms with Gasteiger partial charge < -0.3 is 14.6 Å². The van der Waals surface area contributed by atoms with Gasteiger partial charge in [0.1, 0.15) is 0 Å². The molecule has 74 valence electrons. The number of aliphatic hydroxyl groups is 1. The maximum absolute atomic E-state index is 9.93. The summed E-state index contributed by atoms with van der Waals surface area (Å²) in [6.45, 7) is 0.205. The number of ether oxygens (including phenoxy) is 2. The summed E-state index contributed by atoms with van der Waals surface area (Å²) in [6.07, 6.45) is 1.54. The zero-order valence-corrected chi connectivity index (χ0v) is 8.17. The Bertz CT molecular complexity index is 399. The first-order valence-corrected chi connectivity index (χ1v) is 4.89. The highest BCUT2D eigenvalue weighted by molar-refractivity contribution is 6.33. The lowest BCUT2D eigenvalue weighted by Gasteiger charge is -2.11. The molecule has 0 spiro atoms. The second kappa shape index (κ2) is 2.55. The van der Waals surface area contributed by atoms with Crippen molar-refractivity contribution < 1.29 is 14.6 Å². The van der Waals surface area contributed by atoms with Crippen LogP contribution >= 0.6 is 11.6 Å². The van der Waals surface area contributed by atoms with Crippen molar-refractivity contribution in [2.75, 3.05) is 6.79 Å². The minimum Gasteiger partial charge on any atom is -0.454 e. The van der Waals surface area contributed by atoms with Crippen LogP contribution < -0.4 is 9.47 Å². The fraction of sp³-hybridized carbons (Fsp3) is 0.400. The summed E-state index contributed by atoms with van der Waals surface area (Å²) in [4.78, 5) is 0. The number of hydrogen-bond acceptors (Lipinski definition) is 3. The average Bonchev–Trinajstić information content (AvgIpc) is 2.75. The molecular formula is C10H9ClO3. The minimum absolute atomic E-state index is 0.205. The fourth-order valence-corrected chi connectivity index (χ4v) is 2.07. The van der Waals surface area contributed by atoms with Crippen molar-refractivity contribution in [1.82, 2.24) is 0 Å². The van der Waals surface area contributed by atoms with E-state index in [0.29, 0.717) is 16.5 Å². The molecule has 0 atom stereocenters. The summed E-state index contributed by atoms with van der Waals surface area (Å²) in [7, 11) is 0. The Balaban J connectivity index is 2.15. The van der Waals surface area contributed by atoms with E-state index in [2.05, 4.69) is 0 Å². The lowest BCUT2D eigenvalue weighted by Crippen LogP contribution is -2.05. The number of fused-ring (bicyclic) bond motifs is 1. The van der Waals surface area contributed by atoms with Crippen LogP contribution in [0.4, 0.5) is 0 Å². The molecule has 1 saturated carbocycles. The molecule has 1 aliphatic heterocycles. The van der Waals surface area contributed by atoms with E-state index in [1.807, 2.05) is 6.07 Å². The van der Waals surface area contributed by atoms with Crippen LogP contribution in [-0.4, -0.2) is 11.9 Å². The lowest BCUT2D eigenvalue weighted by molar-refractivity contribution is 0.151. The van der Waals surface area contributed by atoms with Gasteiger partial charge in [-0.05, 0) is 18.9 Å². The maximum Gasteiger partial charge on any atom is 0.231 e. The van der Waals surface area contributed by atoms with Gasteiger partial charge in [-0.2, -0.15) is 0 Å². The molecule has 1 fully saturated rings. The molecule has 14 heavy (non-hydrogen) atoms. The van der Waals surface area contributed by atoms with Crippen molar-refractivity contribution in [1.29, 1.82) is 0 Å². The third kappa shape index (κ3) is 1.03. The molecule has 1 aromatic carbocycles. The van der Waals surface area contributed by atoms with Crippen LogP contribution in [0.3, 0.4) is 0 Å². The van der Waals surface area contributed by atoms with Crippen LogP contribution in [0.25, 0.3) is 0 Å². The van der Waals surface area contributed by atoms with Crippen molar-refractivity contribution in [2.24, 2.45) is 0 Å². The highest BCUT2D eigenvalue weighted by Crippen LogP contribution is 2.52. The first kappa shape index (κ1) is 8.38. The smallest absolute Gasteiger partial charge is 0.231 e. The second-order valence-corrected chi connectivity index (χ2v) is 4.07. The fourth-order valence-electron chi connectivity index (χ4n) is 1.69. The van der Waals surface area contributed by atoms with Crippen LogP contribution in [-0.2, 0) is 5.60 Å². The first-order chi connectivity index (χ1) is 6.71. The van der Waals surface area contributed by atoms with Gasteiger partial charge in [-0.15, -0.1) is 0 Å². The van der Waals surface area contributed by atoms with E-state index in [-0.39, 0.29) is 6.79 Å². The Morgan fingerprint density at radius 1 is 1.29 bits per heavy atom. The van der Waals surface area contributed by atoms with Gasteiger partial charge >= 0.3 is 0 Å². The predicted octanol–water partition coefficient (Wildman–Crippen LogP) is 2.05. The van der Waals surface area contributed by atoms with E-state index in [1.54, 1.807) is 6.07 Å². The van der Waals surface area contributed by atoms with Gasteiger partial charge in [-0.1, -0.05) is 17.7 Å². The number of hydrogen-bond donors (Lipinski definition) is 1. The van der Waals surface area contributed by atoms with Gasteiger partial charge in [0.25, 0.3) is 0 Å². The van der Waals surface area contributed by atoms with Crippen LogP contribution in [0, 0.1) is 0 Å². The highest BCUT2D eigenvalue weighted by atomic mass is 35.5. The number of benzene rings is 1. The van der Waals surface area contributed by atoms with E-state index in [1.165, 1.54) is 0 Å². The summed E-state index contributed by atoms with van der Waals surface area (Å²) in [6, 6.07) is 3.60. The van der Waals surface area contributed by atoms with E-state index in [4.69, 9.17) is 21.1 Å². The number of rotatable bonds is 1. The second-order valence-electron chi connectivity index (χ2n) is 3.69. The molecule has 2 aliphatic rings. The molecule has 3 rings (SSSR count). The van der Waals surface area contributed by atoms with Gasteiger partial charge in [0, 0.05) is 5.56 Å². The topological polar surface area (TPSA) is 38.7 Å². The molecule has 1 heterocycles. The zero-order chi connectivity index (χ0) is 9.76. The third-order valence-corrected chi connectivity index (χ3v) is 3.08. The predicted molar refractivity (Wildman–Crippen MR) is 50.7 cm³/mol. The minimum atomic E-state index is -0.724. The third-order valence-electron chi connectivity index (χ3n) is 2.70. The summed E-state index contributed by atoms with van der Waals surface area (Å²) >= 11 is 6.11. The van der Waals surface area contributed by atoms with E-state index < -0.39 is 5.60 Å². The van der Waals surface area contributed by atoms with Crippen molar-refractivity contribution in [3.05, 3.63) is 22.7 Å². The normalized spacial score (nSPS) is 21.0. The summed E-state index contributed by atoms with van der Waals surface area (Å²) in [5, 5.41) is 10.4. The van der Waals surface area contributed by atoms with Crippen molar-refractivity contribution in [3.8, 4) is 11.5 Å². The van der Waals surface area contributed by atoms with Gasteiger partial charge in [0.2, 0.25) is 6.79 Å². The van der Waals surface area contributed by atoms with Gasteiger partial charge in [-0.25, -0.2) is 0 Å². The molecular weight excluding hydrogens is 204 g/mol. The van der Waals surface area contributed by atoms with Gasteiger partial charge in [0.15, 0.2) is 11.5 Å². The lowest BCUT2D eigenvalue weighted by atomic mass is 10.1. The highest BCUT2D eigenvalue weighted by Gasteiger charge is 2.44. The molecule has 1 aliphatic carbocycles. The Kier molecular flexibility index (Phi) is 1.53. The van der Waals surface area contributed by atoms with Gasteiger partial charge in [-0.3, -0.25) is 0 Å². The van der Waals surface area contributed by atoms with Crippen molar-refractivity contribution in [2.45, 2.75) is 18.4 Å². The molecule has 1 aromatic rings. The first-order valence-electron chi connectivity index (χ1n) is 4.52. The summed E-state index contributed by atoms with van der Waals surface area (Å²) < 4.78 is 10.4. The molecule has 0 saturated heterocycles. The standard InChI is InChI=1S/C10H9ClO3/c11-8-6(10(12)3-4-10)1-2-7-9(8)14-5-13-7/h1-2,12H,3-5H2. The van der Waals surface area contributed by atoms with Crippen molar-refractivity contribution >= 4 is 11.6 Å². The molecule has 0 unspecified atom stereocenters. The Hall–Kier alpha value is -0.930. The Morgan fingerprint density at radius 3 is 2.79 bits per heavy atom. The quantitative estimate of drug-likeness (QED) is 0.775. The van der Waals surface area contributed by atoms with Crippen LogP contribution in [0.1, 0.15) is 18.4 Å². The SMILES string of the molecule is OC1(c2ccc3c(c2Cl)OCO3)CC1. The maximum atomic E-state index is 9.93. The van der Waals surface area contributed by atoms with Crippen LogP contribution in [0.15, 0.2) is 12.1 Å². The zero-order valence-electron chi connectivity index (χ0n) is 7.42. The Labute approximate surface area is 86.2 Å². The largest absolute Gasteiger partial charge is 0.454 e. The summed E-state index contributed by atoms with van der Waals surface area (Å²) in [5.41, 5.74) is 0.0290. The molecule has 0 radical (unpaired) electrons. The van der Waals surface area contributed by atoms with E-state index in [9.17, 15) is 5.11 Å². The Morgan fingerprint density at radius 2 is 2.07 bits per heavy atom. The average molecular weight is 213 g/mol. The number of halogens is 1. The monoisotopic (exact) mass is 212 g/mol. The van der Waals surface area contributed by atoms with Crippen LogP contribution in [0.2, 0.25) is 5.02 Å².